The third-order valence-corrected chi connectivity index (χ3v) is 6.94. The number of aromatic nitrogens is 3. The molecule has 0 aromatic carbocycles. The van der Waals surface area contributed by atoms with E-state index in [4.69, 9.17) is 0 Å². The molecule has 2 rings (SSSR count). The van der Waals surface area contributed by atoms with Gasteiger partial charge in [0.15, 0.2) is 5.69 Å². The van der Waals surface area contributed by atoms with Gasteiger partial charge in [0.25, 0.3) is 0 Å². The van der Waals surface area contributed by atoms with Crippen LogP contribution in [-0.4, -0.2) is 28.9 Å². The third-order valence-electron chi connectivity index (χ3n) is 2.84. The minimum absolute atomic E-state index is 0.181. The van der Waals surface area contributed by atoms with Crippen LogP contribution < -0.4 is 0 Å². The molecule has 0 aliphatic heterocycles. The highest BCUT2D eigenvalue weighted by atomic mass is 32.2. The van der Waals surface area contributed by atoms with Gasteiger partial charge in [0.05, 0.1) is 10.8 Å². The lowest BCUT2D eigenvalue weighted by Crippen LogP contribution is -2.13. The minimum Gasteiger partial charge on any atom is -0.261 e. The molecule has 0 spiro atoms. The Labute approximate surface area is 153 Å². The van der Waals surface area contributed by atoms with Gasteiger partial charge in [-0.05, 0) is 12.7 Å². The first kappa shape index (κ1) is 22.0. The van der Waals surface area contributed by atoms with Gasteiger partial charge in [0.2, 0.25) is 14.2 Å². The van der Waals surface area contributed by atoms with Crippen molar-refractivity contribution in [3.63, 3.8) is 0 Å². The van der Waals surface area contributed by atoms with Gasteiger partial charge in [-0.3, -0.25) is 4.68 Å². The van der Waals surface area contributed by atoms with Crippen LogP contribution in [0.4, 0.5) is 13.2 Å². The number of hydrogen-bond donors (Lipinski definition) is 0. The number of halogens is 3. The van der Waals surface area contributed by atoms with Crippen LogP contribution in [0.1, 0.15) is 36.9 Å². The number of sulfone groups is 1. The molecule has 0 amide bonds. The van der Waals surface area contributed by atoms with Gasteiger partial charge in [-0.2, -0.15) is 18.3 Å². The first-order valence-corrected chi connectivity index (χ1v) is 10.9. The Morgan fingerprint density at radius 1 is 1.32 bits per heavy atom. The first-order valence-electron chi connectivity index (χ1n) is 7.47. The van der Waals surface area contributed by atoms with Crippen molar-refractivity contribution in [2.45, 2.75) is 49.0 Å². The average Bonchev–Trinajstić information content (AvgIpc) is 3.08. The van der Waals surface area contributed by atoms with Gasteiger partial charge < -0.3 is 0 Å². The zero-order valence-electron chi connectivity index (χ0n) is 14.5. The maximum Gasteiger partial charge on any atom is 0.435 e. The molecule has 0 unspecified atom stereocenters. The molecule has 0 fully saturated rings. The summed E-state index contributed by atoms with van der Waals surface area (Å²) in [7, 11) is -2.59. The Balaban J connectivity index is 0.00000151. The lowest BCUT2D eigenvalue weighted by molar-refractivity contribution is -0.141. The maximum absolute atomic E-state index is 13.2. The van der Waals surface area contributed by atoms with Crippen molar-refractivity contribution in [3.05, 3.63) is 22.3 Å². The number of thioether (sulfide) groups is 1. The summed E-state index contributed by atoms with van der Waals surface area (Å²) in [6, 6.07) is 0. The molecule has 0 aliphatic rings. The van der Waals surface area contributed by atoms with E-state index in [9.17, 15) is 21.6 Å². The fourth-order valence-corrected chi connectivity index (χ4v) is 5.45. The van der Waals surface area contributed by atoms with Crippen LogP contribution in [0.15, 0.2) is 15.6 Å². The lowest BCUT2D eigenvalue weighted by Gasteiger charge is -2.08. The Morgan fingerprint density at radius 3 is 2.36 bits per heavy atom. The summed E-state index contributed by atoms with van der Waals surface area (Å²) < 4.78 is 65.2. The van der Waals surface area contributed by atoms with Crippen molar-refractivity contribution in [1.29, 1.82) is 0 Å². The molecule has 5 nitrogen and oxygen atoms in total. The van der Waals surface area contributed by atoms with E-state index in [-0.39, 0.29) is 14.9 Å². The van der Waals surface area contributed by atoms with Crippen LogP contribution in [-0.2, 0) is 28.8 Å². The fourth-order valence-electron chi connectivity index (χ4n) is 1.96. The van der Waals surface area contributed by atoms with Crippen molar-refractivity contribution in [1.82, 2.24) is 14.8 Å². The van der Waals surface area contributed by atoms with E-state index in [2.05, 4.69) is 10.1 Å². The summed E-state index contributed by atoms with van der Waals surface area (Å²) in [5.41, 5.74) is -1.48. The second kappa shape index (κ2) is 8.54. The minimum atomic E-state index is -4.71. The van der Waals surface area contributed by atoms with Crippen molar-refractivity contribution in [2.75, 3.05) is 5.75 Å². The number of rotatable bonds is 5. The molecule has 0 radical (unpaired) electrons. The van der Waals surface area contributed by atoms with Gasteiger partial charge >= 0.3 is 6.18 Å². The van der Waals surface area contributed by atoms with Crippen molar-refractivity contribution in [3.8, 4) is 0 Å². The molecule has 0 bridgehead atoms. The van der Waals surface area contributed by atoms with E-state index in [0.29, 0.717) is 10.6 Å². The summed E-state index contributed by atoms with van der Waals surface area (Å²) >= 11 is 2.06. The van der Waals surface area contributed by atoms with Crippen LogP contribution in [0.3, 0.4) is 0 Å². The van der Waals surface area contributed by atoms with Crippen LogP contribution in [0.5, 0.6) is 0 Å². The zero-order chi connectivity index (χ0) is 19.4. The molecule has 0 atom stereocenters. The molecule has 2 aromatic rings. The van der Waals surface area contributed by atoms with Gasteiger partial charge in [0.1, 0.15) is 0 Å². The standard InChI is InChI=1S/C12H14F3N3O2S3.C2H6/c1-4-21-10-8(9(12(13,14)15)17-18(10)3)6-23(19,20)11-16-5-7(2)22-11;1-2/h5H,4,6H2,1-3H3;1-2H3. The van der Waals surface area contributed by atoms with E-state index >= 15 is 0 Å². The molecule has 0 N–H and O–H groups in total. The summed E-state index contributed by atoms with van der Waals surface area (Å²) in [6.07, 6.45) is -3.33. The molecule has 0 saturated heterocycles. The van der Waals surface area contributed by atoms with Gasteiger partial charge in [-0.15, -0.1) is 23.1 Å². The molecule has 2 heterocycles. The van der Waals surface area contributed by atoms with Crippen LogP contribution >= 0.6 is 23.1 Å². The van der Waals surface area contributed by atoms with E-state index in [1.54, 1.807) is 13.8 Å². The fraction of sp³-hybridized carbons (Fsp3) is 0.571. The molecule has 0 aliphatic carbocycles. The van der Waals surface area contributed by atoms with Gasteiger partial charge in [-0.1, -0.05) is 20.8 Å². The van der Waals surface area contributed by atoms with E-state index in [1.165, 1.54) is 13.2 Å². The van der Waals surface area contributed by atoms with Crippen LogP contribution in [0.2, 0.25) is 0 Å². The molecular formula is C14H20F3N3O2S3. The van der Waals surface area contributed by atoms with E-state index in [1.807, 2.05) is 13.8 Å². The predicted octanol–water partition coefficient (Wildman–Crippen LogP) is 4.32. The number of hydrogen-bond acceptors (Lipinski definition) is 6. The molecule has 2 aromatic heterocycles. The lowest BCUT2D eigenvalue weighted by atomic mass is 10.3. The van der Waals surface area contributed by atoms with Crippen LogP contribution in [0.25, 0.3) is 0 Å². The Hall–Kier alpha value is -1.07. The number of aryl methyl sites for hydroxylation is 2. The smallest absolute Gasteiger partial charge is 0.261 e. The maximum atomic E-state index is 13.2. The van der Waals surface area contributed by atoms with Crippen LogP contribution in [0, 0.1) is 6.92 Å². The average molecular weight is 416 g/mol. The second-order valence-corrected chi connectivity index (χ2v) is 9.33. The summed E-state index contributed by atoms with van der Waals surface area (Å²) in [6.45, 7) is 7.45. The van der Waals surface area contributed by atoms with Crippen molar-refractivity contribution < 1.29 is 21.6 Å². The van der Waals surface area contributed by atoms with E-state index < -0.39 is 27.5 Å². The predicted molar refractivity (Wildman–Crippen MR) is 93.7 cm³/mol. The SMILES string of the molecule is CC.CCSc1c(CS(=O)(=O)c2ncc(C)s2)c(C(F)(F)F)nn1C. The molecule has 0 saturated carbocycles. The first-order chi connectivity index (χ1) is 11.6. The Kier molecular flexibility index (Phi) is 7.51. The highest BCUT2D eigenvalue weighted by molar-refractivity contribution is 7.99. The van der Waals surface area contributed by atoms with E-state index in [0.717, 1.165) is 27.8 Å². The van der Waals surface area contributed by atoms with Crippen molar-refractivity contribution >= 4 is 32.9 Å². The normalized spacial score (nSPS) is 12.0. The van der Waals surface area contributed by atoms with Gasteiger partial charge in [-0.25, -0.2) is 13.4 Å². The highest BCUT2D eigenvalue weighted by Crippen LogP contribution is 2.37. The largest absolute Gasteiger partial charge is 0.435 e. The third kappa shape index (κ3) is 5.20. The molecular weight excluding hydrogens is 395 g/mol. The summed E-state index contributed by atoms with van der Waals surface area (Å²) in [5, 5.41) is 3.68. The highest BCUT2D eigenvalue weighted by Gasteiger charge is 2.40. The molecule has 142 valence electrons. The topological polar surface area (TPSA) is 64.8 Å². The van der Waals surface area contributed by atoms with Crippen molar-refractivity contribution in [2.24, 2.45) is 7.05 Å². The number of thiazole rings is 1. The second-order valence-electron chi connectivity index (χ2n) is 4.68. The Morgan fingerprint density at radius 2 is 1.92 bits per heavy atom. The molecule has 25 heavy (non-hydrogen) atoms. The molecule has 11 heteroatoms. The zero-order valence-corrected chi connectivity index (χ0v) is 17.0. The summed E-state index contributed by atoms with van der Waals surface area (Å²) in [4.78, 5) is 4.45. The van der Waals surface area contributed by atoms with Gasteiger partial charge in [0, 0.05) is 23.7 Å². The number of nitrogens with zero attached hydrogens (tertiary/aromatic N) is 3. The summed E-state index contributed by atoms with van der Waals surface area (Å²) in [5.74, 6) is -0.273. The Bertz CT molecular complexity index is 811. The monoisotopic (exact) mass is 415 g/mol. The number of alkyl halides is 3. The quantitative estimate of drug-likeness (QED) is 0.681.